The highest BCUT2D eigenvalue weighted by Crippen LogP contribution is 2.29. The van der Waals surface area contributed by atoms with Crippen LogP contribution in [0.2, 0.25) is 0 Å². The average molecular weight is 432 g/mol. The van der Waals surface area contributed by atoms with Crippen LogP contribution < -0.4 is 9.80 Å². The predicted octanol–water partition coefficient (Wildman–Crippen LogP) is 3.02. The summed E-state index contributed by atoms with van der Waals surface area (Å²) in [7, 11) is 0. The summed E-state index contributed by atoms with van der Waals surface area (Å²) >= 11 is 1.82. The van der Waals surface area contributed by atoms with Crippen molar-refractivity contribution in [2.24, 2.45) is 0 Å². The number of hydrogen-bond acceptors (Lipinski definition) is 1. The average Bonchev–Trinajstić information content (AvgIpc) is 3.14. The largest absolute Gasteiger partial charge is 0.341 e. The molecule has 0 amide bonds. The number of hydrogen-bond donors (Lipinski definition) is 2. The number of benzene rings is 3. The van der Waals surface area contributed by atoms with E-state index >= 15 is 0 Å². The van der Waals surface area contributed by atoms with Crippen LogP contribution in [-0.4, -0.2) is 37.0 Å². The molecule has 2 heterocycles. The van der Waals surface area contributed by atoms with Crippen LogP contribution in [0, 0.1) is 0 Å². The van der Waals surface area contributed by atoms with Crippen LogP contribution in [0.4, 0.5) is 0 Å². The predicted molar refractivity (Wildman–Crippen MR) is 132 cm³/mol. The van der Waals surface area contributed by atoms with Crippen LogP contribution in [0.3, 0.4) is 0 Å². The van der Waals surface area contributed by atoms with Gasteiger partial charge in [0.15, 0.2) is 0 Å². The number of aromatic nitrogens is 1. The van der Waals surface area contributed by atoms with Gasteiger partial charge >= 0.3 is 0 Å². The molecule has 0 unspecified atom stereocenters. The van der Waals surface area contributed by atoms with Crippen molar-refractivity contribution < 1.29 is 9.80 Å². The molecule has 0 saturated carbocycles. The molecule has 31 heavy (non-hydrogen) atoms. The number of rotatable bonds is 6. The zero-order chi connectivity index (χ0) is 21.2. The van der Waals surface area contributed by atoms with Crippen LogP contribution in [0.5, 0.6) is 0 Å². The molecule has 3 nitrogen and oxygen atoms in total. The summed E-state index contributed by atoms with van der Waals surface area (Å²) < 4.78 is 2.44. The molecule has 1 aliphatic heterocycles. The lowest BCUT2D eigenvalue weighted by atomic mass is 10.1. The van der Waals surface area contributed by atoms with Gasteiger partial charge in [-0.15, -0.1) is 11.8 Å². The second kappa shape index (κ2) is 9.07. The summed E-state index contributed by atoms with van der Waals surface area (Å²) in [6.07, 6.45) is 2.14. The minimum atomic E-state index is 1.01. The Morgan fingerprint density at radius 2 is 1.35 bits per heavy atom. The van der Waals surface area contributed by atoms with Gasteiger partial charge in [0.2, 0.25) is 0 Å². The highest BCUT2D eigenvalue weighted by atomic mass is 32.2. The van der Waals surface area contributed by atoms with Crippen molar-refractivity contribution in [3.05, 3.63) is 77.9 Å². The Morgan fingerprint density at radius 1 is 0.742 bits per heavy atom. The summed E-state index contributed by atoms with van der Waals surface area (Å²) in [6, 6.07) is 25.1. The van der Waals surface area contributed by atoms with Crippen LogP contribution in [0.25, 0.3) is 21.8 Å². The third kappa shape index (κ3) is 4.25. The van der Waals surface area contributed by atoms with Crippen molar-refractivity contribution in [3.8, 4) is 0 Å². The van der Waals surface area contributed by atoms with Gasteiger partial charge in [0.25, 0.3) is 0 Å². The van der Waals surface area contributed by atoms with E-state index in [9.17, 15) is 0 Å². The molecule has 2 N–H and O–H groups in total. The lowest BCUT2D eigenvalue weighted by Gasteiger charge is -2.30. The van der Waals surface area contributed by atoms with Crippen molar-refractivity contribution >= 4 is 33.6 Å². The molecule has 0 aliphatic carbocycles. The van der Waals surface area contributed by atoms with Gasteiger partial charge in [-0.05, 0) is 43.5 Å². The normalized spacial score (nSPS) is 19.3. The van der Waals surface area contributed by atoms with Gasteiger partial charge < -0.3 is 14.4 Å². The zero-order valence-corrected chi connectivity index (χ0v) is 19.5. The fraction of sp³-hybridized carbons (Fsp3) is 0.333. The van der Waals surface area contributed by atoms with Gasteiger partial charge in [-0.2, -0.15) is 0 Å². The van der Waals surface area contributed by atoms with E-state index in [1.54, 1.807) is 9.80 Å². The first-order valence-corrected chi connectivity index (χ1v) is 12.8. The van der Waals surface area contributed by atoms with E-state index in [1.165, 1.54) is 64.0 Å². The summed E-state index contributed by atoms with van der Waals surface area (Å²) in [4.78, 5) is 4.80. The number of quaternary nitrogens is 2. The number of para-hydroxylation sites is 1. The molecule has 0 spiro atoms. The smallest absolute Gasteiger partial charge is 0.127 e. The zero-order valence-electron chi connectivity index (χ0n) is 18.7. The number of piperazine rings is 1. The van der Waals surface area contributed by atoms with E-state index in [4.69, 9.17) is 0 Å². The van der Waals surface area contributed by atoms with Crippen molar-refractivity contribution in [2.45, 2.75) is 31.5 Å². The summed E-state index contributed by atoms with van der Waals surface area (Å²) in [5, 5.41) is 2.80. The fourth-order valence-electron chi connectivity index (χ4n) is 5.18. The Labute approximate surface area is 189 Å². The standard InChI is InChI=1S/C27H31N3S/c1-3-30-26-7-5-4-6-24(26)25-18-22(10-13-27(25)30)20-29-16-14-28(15-17-29)19-21-8-11-23(31-2)12-9-21/h4-13,18H,3,14-17,19-20H2,1-2H3/p+2. The summed E-state index contributed by atoms with van der Waals surface area (Å²) in [6.45, 7) is 10.6. The quantitative estimate of drug-likeness (QED) is 0.448. The molecule has 0 radical (unpaired) electrons. The van der Waals surface area contributed by atoms with E-state index in [1.807, 2.05) is 11.8 Å². The SMILES string of the molecule is CCn1c2ccccc2c2cc(C[NH+]3CC[NH+](Cc4ccc(SC)cc4)CC3)ccc21. The lowest BCUT2D eigenvalue weighted by molar-refractivity contribution is -1.02. The third-order valence-electron chi connectivity index (χ3n) is 6.88. The number of nitrogens with zero attached hydrogens (tertiary/aromatic N) is 1. The highest BCUT2D eigenvalue weighted by Gasteiger charge is 2.23. The molecule has 3 aromatic carbocycles. The summed E-state index contributed by atoms with van der Waals surface area (Å²) in [5.41, 5.74) is 5.66. The second-order valence-corrected chi connectivity index (χ2v) is 9.69. The van der Waals surface area contributed by atoms with Crippen LogP contribution in [0.1, 0.15) is 18.1 Å². The topological polar surface area (TPSA) is 13.8 Å². The molecule has 0 bridgehead atoms. The Balaban J connectivity index is 1.25. The molecule has 1 saturated heterocycles. The minimum Gasteiger partial charge on any atom is -0.341 e. The fourth-order valence-corrected chi connectivity index (χ4v) is 5.59. The van der Waals surface area contributed by atoms with Gasteiger partial charge in [-0.1, -0.05) is 36.4 Å². The third-order valence-corrected chi connectivity index (χ3v) is 7.63. The summed E-state index contributed by atoms with van der Waals surface area (Å²) in [5.74, 6) is 0. The Kier molecular flexibility index (Phi) is 6.04. The van der Waals surface area contributed by atoms with Gasteiger partial charge in [0, 0.05) is 44.4 Å². The van der Waals surface area contributed by atoms with Crippen LogP contribution in [0.15, 0.2) is 71.6 Å². The number of fused-ring (bicyclic) bond motifs is 3. The van der Waals surface area contributed by atoms with Crippen LogP contribution in [-0.2, 0) is 19.6 Å². The number of thioether (sulfide) groups is 1. The Morgan fingerprint density at radius 3 is 2.03 bits per heavy atom. The number of aryl methyl sites for hydroxylation is 1. The monoisotopic (exact) mass is 431 g/mol. The van der Waals surface area contributed by atoms with Gasteiger partial charge in [-0.3, -0.25) is 0 Å². The molecule has 1 aromatic heterocycles. The maximum absolute atomic E-state index is 2.45. The molecule has 160 valence electrons. The van der Waals surface area contributed by atoms with E-state index in [-0.39, 0.29) is 0 Å². The first kappa shape index (κ1) is 20.6. The van der Waals surface area contributed by atoms with E-state index in [2.05, 4.69) is 84.5 Å². The van der Waals surface area contributed by atoms with Crippen molar-refractivity contribution in [3.63, 3.8) is 0 Å². The maximum Gasteiger partial charge on any atom is 0.127 e. The molecule has 5 rings (SSSR count). The molecule has 0 atom stereocenters. The Hall–Kier alpha value is -2.27. The first-order valence-electron chi connectivity index (χ1n) is 11.5. The highest BCUT2D eigenvalue weighted by molar-refractivity contribution is 7.98. The van der Waals surface area contributed by atoms with E-state index in [0.717, 1.165) is 19.6 Å². The maximum atomic E-state index is 2.45. The van der Waals surface area contributed by atoms with E-state index in [0.29, 0.717) is 0 Å². The second-order valence-electron chi connectivity index (χ2n) is 8.81. The van der Waals surface area contributed by atoms with Crippen molar-refractivity contribution in [2.75, 3.05) is 32.4 Å². The van der Waals surface area contributed by atoms with Crippen molar-refractivity contribution in [1.29, 1.82) is 0 Å². The molecular formula is C27H33N3S+2. The first-order chi connectivity index (χ1) is 15.2. The van der Waals surface area contributed by atoms with Crippen molar-refractivity contribution in [1.82, 2.24) is 4.57 Å². The Bertz CT molecular complexity index is 1170. The van der Waals surface area contributed by atoms with E-state index < -0.39 is 0 Å². The lowest BCUT2D eigenvalue weighted by Crippen LogP contribution is -3.27. The molecule has 1 fully saturated rings. The molecule has 4 aromatic rings. The molecular weight excluding hydrogens is 398 g/mol. The molecule has 4 heteroatoms. The number of nitrogens with one attached hydrogen (secondary N) is 2. The van der Waals surface area contributed by atoms with Gasteiger partial charge in [0.1, 0.15) is 39.3 Å². The molecule has 1 aliphatic rings. The van der Waals surface area contributed by atoms with Crippen LogP contribution >= 0.6 is 11.8 Å². The minimum absolute atomic E-state index is 1.01. The van der Waals surface area contributed by atoms with Gasteiger partial charge in [0.05, 0.1) is 0 Å². The van der Waals surface area contributed by atoms with Gasteiger partial charge in [-0.25, -0.2) is 0 Å².